The van der Waals surface area contributed by atoms with E-state index in [1.165, 1.54) is 0 Å². The van der Waals surface area contributed by atoms with E-state index in [2.05, 4.69) is 0 Å². The van der Waals surface area contributed by atoms with Gasteiger partial charge in [-0.1, -0.05) is 52.2 Å². The summed E-state index contributed by atoms with van der Waals surface area (Å²) in [5.74, 6) is -1.75. The number of carbonyl (C=O) groups is 1. The van der Waals surface area contributed by atoms with E-state index in [1.54, 1.807) is 12.1 Å². The summed E-state index contributed by atoms with van der Waals surface area (Å²) in [5.41, 5.74) is -0.0131. The van der Waals surface area contributed by atoms with Gasteiger partial charge in [0.25, 0.3) is 0 Å². The third kappa shape index (κ3) is 5.80. The average Bonchev–Trinajstić information content (AvgIpc) is 2.76. The average molecular weight is 1030 g/mol. The standard InChI is InChI=1S/C20H4Cl4I4O5.2Na/c21-10-8(9(20(31)32)11(22)13(24)12(10)23)7-3-1-5(25)16(29)14(27)18(3)33-19-4(7)2-6(26)17(30)15(19)28;;/h1-2,29H,(H,31,32);;/q;2*+1/p-2/i25+4,26+4,27+4,28+4;;. The molecule has 2 aliphatic rings. The molecule has 0 fully saturated rings. The van der Waals surface area contributed by atoms with Crippen molar-refractivity contribution in [2.45, 2.75) is 0 Å². The molecule has 4 rings (SSSR count). The van der Waals surface area contributed by atoms with Crippen LogP contribution in [0.2, 0.25) is 20.1 Å². The Labute approximate surface area is 316 Å². The molecular weight excluding hydrogens is 1030 g/mol. The van der Waals surface area contributed by atoms with Crippen molar-refractivity contribution in [2.75, 3.05) is 0 Å². The van der Waals surface area contributed by atoms with Gasteiger partial charge in [0, 0.05) is 34.8 Å². The molecule has 0 saturated carbocycles. The Bertz CT molecular complexity index is 1580. The first-order chi connectivity index (χ1) is 15.4. The first-order valence-corrected chi connectivity index (χ1v) is 14.2. The van der Waals surface area contributed by atoms with Gasteiger partial charge in [-0.2, -0.15) is 0 Å². The molecule has 0 unspecified atom stereocenters. The van der Waals surface area contributed by atoms with E-state index in [0.717, 1.165) is 0 Å². The van der Waals surface area contributed by atoms with Gasteiger partial charge in [-0.15, -0.1) is 0 Å². The van der Waals surface area contributed by atoms with E-state index in [4.69, 9.17) is 50.8 Å². The molecule has 1 aliphatic heterocycles. The second kappa shape index (κ2) is 13.0. The normalized spacial score (nSPS) is 10.9. The fourth-order valence-corrected chi connectivity index (χ4v) is 7.91. The molecule has 15 heteroatoms. The molecule has 0 N–H and O–H groups in total. The smallest absolute Gasteiger partial charge is 0.871 e. The van der Waals surface area contributed by atoms with Crippen molar-refractivity contribution in [1.29, 1.82) is 0 Å². The Hall–Kier alpha value is 2.48. The minimum absolute atomic E-state index is 0. The van der Waals surface area contributed by atoms with Crippen molar-refractivity contribution in [3.63, 3.8) is 0 Å². The number of halogens is 8. The molecule has 0 radical (unpaired) electrons. The molecular formula is C20H2Cl4I4Na2O5. The first kappa shape index (κ1) is 33.7. The van der Waals surface area contributed by atoms with Crippen molar-refractivity contribution in [3.05, 3.63) is 62.3 Å². The van der Waals surface area contributed by atoms with Crippen molar-refractivity contribution < 1.29 is 78.5 Å². The number of aromatic carboxylic acids is 1. The van der Waals surface area contributed by atoms with E-state index in [-0.39, 0.29) is 120 Å². The molecule has 0 aromatic heterocycles. The predicted molar refractivity (Wildman–Crippen MR) is 159 cm³/mol. The Morgan fingerprint density at radius 1 is 0.829 bits per heavy atom. The van der Waals surface area contributed by atoms with Crippen molar-refractivity contribution >= 4 is 154 Å². The Balaban J connectivity index is 0.00000216. The second-order valence-corrected chi connectivity index (χ2v) is 12.5. The van der Waals surface area contributed by atoms with E-state index in [0.29, 0.717) is 18.1 Å². The Morgan fingerprint density at radius 2 is 1.40 bits per heavy atom. The van der Waals surface area contributed by atoms with Crippen LogP contribution in [0, 0.1) is 14.3 Å². The number of rotatable bonds is 2. The van der Waals surface area contributed by atoms with E-state index < -0.39 is 11.5 Å². The molecule has 1 aliphatic carbocycles. The van der Waals surface area contributed by atoms with Gasteiger partial charge in [-0.25, -0.2) is 0 Å². The third-order valence-electron chi connectivity index (χ3n) is 4.73. The molecule has 35 heavy (non-hydrogen) atoms. The van der Waals surface area contributed by atoms with Gasteiger partial charge in [0.05, 0.1) is 29.6 Å². The molecule has 0 spiro atoms. The van der Waals surface area contributed by atoms with Gasteiger partial charge in [0.1, 0.15) is 9.15 Å². The summed E-state index contributed by atoms with van der Waals surface area (Å²) >= 11 is 32.7. The summed E-state index contributed by atoms with van der Waals surface area (Å²) in [7, 11) is 0. The fourth-order valence-electron chi connectivity index (χ4n) is 3.31. The number of benzene rings is 3. The minimum Gasteiger partial charge on any atom is -0.871 e. The molecule has 5 nitrogen and oxygen atoms in total. The van der Waals surface area contributed by atoms with E-state index >= 15 is 0 Å². The molecule has 2 aromatic carbocycles. The quantitative estimate of drug-likeness (QED) is 0.0986. The molecule has 0 saturated heterocycles. The molecule has 0 bridgehead atoms. The van der Waals surface area contributed by atoms with Crippen molar-refractivity contribution in [1.82, 2.24) is 0 Å². The topological polar surface area (TPSA) is 93.4 Å². The fraction of sp³-hybridized carbons (Fsp3) is 0. The van der Waals surface area contributed by atoms with Gasteiger partial charge in [-0.05, 0) is 102 Å². The van der Waals surface area contributed by atoms with Crippen LogP contribution in [0.3, 0.4) is 0 Å². The largest absolute Gasteiger partial charge is 1.00 e. The first-order valence-electron chi connectivity index (χ1n) is 8.39. The SMILES string of the molecule is O=C([O-])c1c(Cl)c(Cl)c(Cl)c(Cl)c1-c1c2cc([131I])c(=O)c([131I])c-2oc2c([131I])c([O-])c([131I])cc12.[Na+].[Na+]. The second-order valence-electron chi connectivity index (χ2n) is 6.53. The molecule has 0 amide bonds. The minimum atomic E-state index is -1.63. The summed E-state index contributed by atoms with van der Waals surface area (Å²) in [6.07, 6.45) is 0. The summed E-state index contributed by atoms with van der Waals surface area (Å²) < 4.78 is 7.27. The van der Waals surface area contributed by atoms with E-state index in [9.17, 15) is 19.8 Å². The summed E-state index contributed by atoms with van der Waals surface area (Å²) in [6.45, 7) is 0. The van der Waals surface area contributed by atoms with Crippen LogP contribution in [0.4, 0.5) is 0 Å². The number of carbonyl (C=O) groups excluding carboxylic acids is 1. The van der Waals surface area contributed by atoms with E-state index in [1.807, 2.05) is 90.4 Å². The summed E-state index contributed by atoms with van der Waals surface area (Å²) in [6, 6.07) is 3.10. The Morgan fingerprint density at radius 3 is 1.97 bits per heavy atom. The zero-order chi connectivity index (χ0) is 24.5. The summed E-state index contributed by atoms with van der Waals surface area (Å²) in [4.78, 5) is 24.8. The van der Waals surface area contributed by atoms with Crippen LogP contribution in [-0.4, -0.2) is 5.97 Å². The maximum atomic E-state index is 12.6. The van der Waals surface area contributed by atoms with Crippen LogP contribution in [-0.2, 0) is 0 Å². The third-order valence-corrected chi connectivity index (χ3v) is 10.1. The number of hydrogen-bond donors (Lipinski definition) is 0. The molecule has 2 aromatic rings. The molecule has 170 valence electrons. The van der Waals surface area contributed by atoms with Crippen LogP contribution in [0.1, 0.15) is 10.4 Å². The zero-order valence-corrected chi connectivity index (χ0v) is 32.9. The Kier molecular flexibility index (Phi) is 12.5. The molecule has 0 atom stereocenters. The van der Waals surface area contributed by atoms with Crippen LogP contribution in [0.5, 0.6) is 5.75 Å². The zero-order valence-electron chi connectivity index (χ0n) is 17.2. The number of carboxylic acid groups (broad SMARTS) is 1. The van der Waals surface area contributed by atoms with Crippen molar-refractivity contribution in [3.8, 4) is 28.2 Å². The van der Waals surface area contributed by atoms with Crippen LogP contribution in [0.15, 0.2) is 21.3 Å². The monoisotopic (exact) mass is 1030 g/mol. The number of carboxylic acids is 1. The van der Waals surface area contributed by atoms with Gasteiger partial charge in [0.2, 0.25) is 5.43 Å². The van der Waals surface area contributed by atoms with Crippen LogP contribution >= 0.6 is 137 Å². The molecule has 1 heterocycles. The van der Waals surface area contributed by atoms with Gasteiger partial charge >= 0.3 is 59.1 Å². The van der Waals surface area contributed by atoms with Gasteiger partial charge in [-0.3, -0.25) is 4.79 Å². The maximum absolute atomic E-state index is 12.6. The number of fused-ring (bicyclic) bond motifs is 2. The number of hydrogen-bond acceptors (Lipinski definition) is 5. The summed E-state index contributed by atoms with van der Waals surface area (Å²) in [5, 5.41) is 24.3. The van der Waals surface area contributed by atoms with Gasteiger partial charge < -0.3 is 19.4 Å². The maximum Gasteiger partial charge on any atom is 1.00 e. The van der Waals surface area contributed by atoms with Crippen molar-refractivity contribution in [2.24, 2.45) is 0 Å². The van der Waals surface area contributed by atoms with Crippen LogP contribution in [0.25, 0.3) is 33.4 Å². The predicted octanol–water partition coefficient (Wildman–Crippen LogP) is 1.04. The van der Waals surface area contributed by atoms with Crippen LogP contribution < -0.4 is 74.8 Å². The van der Waals surface area contributed by atoms with Gasteiger partial charge in [0.15, 0.2) is 5.76 Å².